The van der Waals surface area contributed by atoms with Crippen LogP contribution in [0.25, 0.3) is 6.08 Å². The second kappa shape index (κ2) is 10.2. The van der Waals surface area contributed by atoms with Crippen LogP contribution >= 0.6 is 67.4 Å². The maximum Gasteiger partial charge on any atom is 0.270 e. The first-order chi connectivity index (χ1) is 15.7. The highest BCUT2D eigenvalue weighted by molar-refractivity contribution is 9.11. The lowest BCUT2D eigenvalue weighted by Gasteiger charge is -2.14. The molecule has 0 aromatic heterocycles. The van der Waals surface area contributed by atoms with Crippen LogP contribution in [0.2, 0.25) is 5.02 Å². The minimum absolute atomic E-state index is 0.0883. The summed E-state index contributed by atoms with van der Waals surface area (Å²) in [5, 5.41) is -0.0883. The first kappa shape index (κ1) is 24.3. The molecule has 0 unspecified atom stereocenters. The van der Waals surface area contributed by atoms with E-state index in [4.69, 9.17) is 28.6 Å². The zero-order valence-corrected chi connectivity index (χ0v) is 22.0. The van der Waals surface area contributed by atoms with Crippen LogP contribution < -0.4 is 9.64 Å². The summed E-state index contributed by atoms with van der Waals surface area (Å²) in [5.41, 5.74) is 1.96. The predicted octanol–water partition coefficient (Wildman–Crippen LogP) is 8.13. The zero-order valence-electron chi connectivity index (χ0n) is 16.5. The molecular formula is C23H12Br2ClF2NO2S2. The molecule has 10 heteroatoms. The highest BCUT2D eigenvalue weighted by Crippen LogP contribution is 2.40. The van der Waals surface area contributed by atoms with Crippen molar-refractivity contribution in [1.29, 1.82) is 0 Å². The van der Waals surface area contributed by atoms with Gasteiger partial charge in [-0.2, -0.15) is 0 Å². The van der Waals surface area contributed by atoms with E-state index in [0.29, 0.717) is 29.6 Å². The van der Waals surface area contributed by atoms with Gasteiger partial charge in [0, 0.05) is 0 Å². The van der Waals surface area contributed by atoms with Gasteiger partial charge >= 0.3 is 0 Å². The van der Waals surface area contributed by atoms with Crippen molar-refractivity contribution < 1.29 is 18.3 Å². The van der Waals surface area contributed by atoms with E-state index in [0.717, 1.165) is 22.9 Å². The summed E-state index contributed by atoms with van der Waals surface area (Å²) in [5.74, 6) is -0.627. The Hall–Kier alpha value is -1.78. The second-order valence-corrected chi connectivity index (χ2v) is 10.6. The summed E-state index contributed by atoms with van der Waals surface area (Å²) in [6.45, 7) is 0.260. The minimum Gasteiger partial charge on any atom is -0.487 e. The molecule has 0 atom stereocenters. The molecule has 0 N–H and O–H groups in total. The van der Waals surface area contributed by atoms with Gasteiger partial charge in [0.25, 0.3) is 5.91 Å². The Morgan fingerprint density at radius 2 is 1.73 bits per heavy atom. The Balaban J connectivity index is 1.55. The number of thioether (sulfide) groups is 1. The van der Waals surface area contributed by atoms with Crippen molar-refractivity contribution in [3.8, 4) is 5.75 Å². The fourth-order valence-electron chi connectivity index (χ4n) is 3.00. The lowest BCUT2D eigenvalue weighted by molar-refractivity contribution is -0.113. The molecule has 0 bridgehead atoms. The second-order valence-electron chi connectivity index (χ2n) is 6.84. The SMILES string of the molecule is O=C1C(=Cc2cc(Br)c(OCc3ccc(F)cc3)c(Br)c2)SC(=S)N1c1ccc(F)c(Cl)c1. The van der Waals surface area contributed by atoms with Gasteiger partial charge in [-0.05, 0) is 91.5 Å². The number of nitrogens with zero attached hydrogens (tertiary/aromatic N) is 1. The van der Waals surface area contributed by atoms with Crippen LogP contribution in [0.1, 0.15) is 11.1 Å². The number of amides is 1. The van der Waals surface area contributed by atoms with Gasteiger partial charge in [-0.15, -0.1) is 0 Å². The third-order valence-corrected chi connectivity index (χ3v) is 7.34. The van der Waals surface area contributed by atoms with Crippen molar-refractivity contribution in [2.75, 3.05) is 4.90 Å². The molecule has 0 aliphatic carbocycles. The zero-order chi connectivity index (χ0) is 23.7. The summed E-state index contributed by atoms with van der Waals surface area (Å²) >= 11 is 19.4. The average Bonchev–Trinajstić information content (AvgIpc) is 3.03. The van der Waals surface area contributed by atoms with Crippen LogP contribution in [-0.4, -0.2) is 10.2 Å². The van der Waals surface area contributed by atoms with E-state index in [9.17, 15) is 13.6 Å². The molecule has 1 aliphatic heterocycles. The Labute approximate surface area is 220 Å². The fraction of sp³-hybridized carbons (Fsp3) is 0.0435. The number of carbonyl (C=O) groups is 1. The Morgan fingerprint density at radius 1 is 1.06 bits per heavy atom. The summed E-state index contributed by atoms with van der Waals surface area (Å²) in [4.78, 5) is 14.7. The number of hydrogen-bond acceptors (Lipinski definition) is 4. The van der Waals surface area contributed by atoms with Crippen molar-refractivity contribution in [3.63, 3.8) is 0 Å². The smallest absolute Gasteiger partial charge is 0.270 e. The van der Waals surface area contributed by atoms with Gasteiger partial charge < -0.3 is 4.74 Å². The summed E-state index contributed by atoms with van der Waals surface area (Å²) in [6, 6.07) is 13.7. The van der Waals surface area contributed by atoms with Gasteiger partial charge in [-0.3, -0.25) is 9.69 Å². The van der Waals surface area contributed by atoms with E-state index in [-0.39, 0.29) is 23.4 Å². The monoisotopic (exact) mass is 629 g/mol. The van der Waals surface area contributed by atoms with Crippen molar-refractivity contribution >= 4 is 89.4 Å². The quantitative estimate of drug-likeness (QED) is 0.210. The Morgan fingerprint density at radius 3 is 2.36 bits per heavy atom. The third-order valence-electron chi connectivity index (χ3n) is 4.57. The Bertz CT molecular complexity index is 1280. The van der Waals surface area contributed by atoms with Crippen LogP contribution in [0.5, 0.6) is 5.75 Å². The summed E-state index contributed by atoms with van der Waals surface area (Å²) < 4.78 is 34.1. The number of benzene rings is 3. The lowest BCUT2D eigenvalue weighted by atomic mass is 10.2. The molecule has 0 radical (unpaired) electrons. The van der Waals surface area contributed by atoms with E-state index in [1.54, 1.807) is 18.2 Å². The first-order valence-corrected chi connectivity index (χ1v) is 12.5. The molecule has 3 aromatic carbocycles. The molecule has 4 rings (SSSR count). The van der Waals surface area contributed by atoms with Crippen LogP contribution in [0.4, 0.5) is 14.5 Å². The third kappa shape index (κ3) is 5.49. The molecule has 3 nitrogen and oxygen atoms in total. The van der Waals surface area contributed by atoms with Crippen molar-refractivity contribution in [2.24, 2.45) is 0 Å². The number of halogens is 5. The van der Waals surface area contributed by atoms with Crippen LogP contribution in [0.15, 0.2) is 68.4 Å². The number of rotatable bonds is 5. The molecule has 1 aliphatic rings. The van der Waals surface area contributed by atoms with Gasteiger partial charge in [-0.1, -0.05) is 47.7 Å². The molecular weight excluding hydrogens is 620 g/mol. The molecule has 33 heavy (non-hydrogen) atoms. The highest BCUT2D eigenvalue weighted by Gasteiger charge is 2.33. The normalized spacial score (nSPS) is 14.9. The molecule has 0 saturated carbocycles. The van der Waals surface area contributed by atoms with E-state index >= 15 is 0 Å². The van der Waals surface area contributed by atoms with Crippen molar-refractivity contribution in [3.05, 3.63) is 96.2 Å². The largest absolute Gasteiger partial charge is 0.487 e. The van der Waals surface area contributed by atoms with E-state index < -0.39 is 5.82 Å². The van der Waals surface area contributed by atoms with Gasteiger partial charge in [-0.25, -0.2) is 8.78 Å². The molecule has 1 amide bonds. The highest BCUT2D eigenvalue weighted by atomic mass is 79.9. The predicted molar refractivity (Wildman–Crippen MR) is 140 cm³/mol. The number of hydrogen-bond donors (Lipinski definition) is 0. The van der Waals surface area contributed by atoms with E-state index in [1.165, 1.54) is 35.2 Å². The fourth-order valence-corrected chi connectivity index (χ4v) is 5.93. The van der Waals surface area contributed by atoms with Gasteiger partial charge in [0.1, 0.15) is 24.0 Å². The van der Waals surface area contributed by atoms with Crippen molar-refractivity contribution in [2.45, 2.75) is 6.61 Å². The standard InChI is InChI=1S/C23H12Br2ClF2NO2S2/c24-16-7-13(8-17(25)21(16)31-11-12-1-3-14(27)4-2-12)9-20-22(30)29(23(32)33-20)15-5-6-19(28)18(26)10-15/h1-10H,11H2. The molecule has 3 aromatic rings. The first-order valence-electron chi connectivity index (χ1n) is 9.32. The molecule has 0 spiro atoms. The van der Waals surface area contributed by atoms with Gasteiger partial charge in [0.2, 0.25) is 0 Å². The van der Waals surface area contributed by atoms with Gasteiger partial charge in [0.15, 0.2) is 4.32 Å². The maximum absolute atomic E-state index is 13.5. The van der Waals surface area contributed by atoms with E-state index in [2.05, 4.69) is 31.9 Å². The number of thiocarbonyl (C=S) groups is 1. The topological polar surface area (TPSA) is 29.5 Å². The average molecular weight is 632 g/mol. The van der Waals surface area contributed by atoms with Crippen LogP contribution in [-0.2, 0) is 11.4 Å². The number of ether oxygens (including phenoxy) is 1. The van der Waals surface area contributed by atoms with Crippen LogP contribution in [0.3, 0.4) is 0 Å². The van der Waals surface area contributed by atoms with Crippen LogP contribution in [0, 0.1) is 11.6 Å². The number of carbonyl (C=O) groups excluding carboxylic acids is 1. The molecule has 1 saturated heterocycles. The molecule has 168 valence electrons. The molecule has 1 fully saturated rings. The van der Waals surface area contributed by atoms with Gasteiger partial charge in [0.05, 0.1) is 24.6 Å². The van der Waals surface area contributed by atoms with Crippen molar-refractivity contribution in [1.82, 2.24) is 0 Å². The summed E-state index contributed by atoms with van der Waals surface area (Å²) in [6.07, 6.45) is 1.71. The number of anilines is 1. The maximum atomic E-state index is 13.5. The summed E-state index contributed by atoms with van der Waals surface area (Å²) in [7, 11) is 0. The molecule has 1 heterocycles. The van der Waals surface area contributed by atoms with E-state index in [1.807, 2.05) is 12.1 Å². The lowest BCUT2D eigenvalue weighted by Crippen LogP contribution is -2.27. The Kier molecular flexibility index (Phi) is 7.55. The minimum atomic E-state index is -0.571.